The van der Waals surface area contributed by atoms with Crippen molar-refractivity contribution in [2.75, 3.05) is 13.1 Å². The smallest absolute Gasteiger partial charge is 0.407 e. The van der Waals surface area contributed by atoms with Gasteiger partial charge in [-0.3, -0.25) is 0 Å². The van der Waals surface area contributed by atoms with E-state index in [9.17, 15) is 4.79 Å². The molecule has 0 saturated heterocycles. The predicted molar refractivity (Wildman–Crippen MR) is 120 cm³/mol. The monoisotopic (exact) mass is 507 g/mol. The molecule has 3 N–H and O–H groups in total. The van der Waals surface area contributed by atoms with Gasteiger partial charge < -0.3 is 25.3 Å². The van der Waals surface area contributed by atoms with Crippen molar-refractivity contribution in [1.29, 1.82) is 0 Å². The number of amides is 1. The molecule has 1 amide bonds. The van der Waals surface area contributed by atoms with Crippen LogP contribution in [0.5, 0.6) is 0 Å². The van der Waals surface area contributed by atoms with Crippen LogP contribution >= 0.6 is 24.0 Å². The number of alkyl carbamates (subject to hydrolysis) is 1. The van der Waals surface area contributed by atoms with Gasteiger partial charge in [-0.25, -0.2) is 9.79 Å². The zero-order chi connectivity index (χ0) is 19.9. The summed E-state index contributed by atoms with van der Waals surface area (Å²) in [5.74, 6) is 2.40. The van der Waals surface area contributed by atoms with Gasteiger partial charge in [-0.05, 0) is 40.5 Å². The molecule has 1 aliphatic carbocycles. The van der Waals surface area contributed by atoms with Crippen LogP contribution in [0.15, 0.2) is 4.99 Å². The third-order valence-corrected chi connectivity index (χ3v) is 4.34. The minimum atomic E-state index is -0.498. The number of nitrogens with one attached hydrogen (secondary N) is 3. The molecule has 9 nitrogen and oxygen atoms in total. The predicted octanol–water partition coefficient (Wildman–Crippen LogP) is 2.24. The Morgan fingerprint density at radius 2 is 1.86 bits per heavy atom. The minimum absolute atomic E-state index is 0. The van der Waals surface area contributed by atoms with Crippen LogP contribution in [0.3, 0.4) is 0 Å². The summed E-state index contributed by atoms with van der Waals surface area (Å²) in [4.78, 5) is 16.3. The number of aromatic nitrogens is 3. The lowest BCUT2D eigenvalue weighted by molar-refractivity contribution is 0.0529. The molecule has 1 saturated carbocycles. The molecule has 0 bridgehead atoms. The Kier molecular flexibility index (Phi) is 9.97. The molecule has 2 rings (SSSR count). The van der Waals surface area contributed by atoms with Crippen molar-refractivity contribution in [3.8, 4) is 0 Å². The number of nitrogens with zero attached hydrogens (tertiary/aromatic N) is 4. The molecule has 0 aliphatic heterocycles. The highest BCUT2D eigenvalue weighted by atomic mass is 127. The fourth-order valence-corrected chi connectivity index (χ4v) is 2.81. The van der Waals surface area contributed by atoms with Crippen LogP contribution in [0.1, 0.15) is 58.1 Å². The van der Waals surface area contributed by atoms with E-state index < -0.39 is 11.7 Å². The molecule has 0 aromatic carbocycles. The summed E-state index contributed by atoms with van der Waals surface area (Å²) in [5, 5.41) is 17.7. The Labute approximate surface area is 184 Å². The van der Waals surface area contributed by atoms with Crippen LogP contribution in [-0.4, -0.2) is 51.5 Å². The Morgan fingerprint density at radius 3 is 2.43 bits per heavy atom. The first-order valence-corrected chi connectivity index (χ1v) is 9.61. The maximum atomic E-state index is 11.7. The topological polar surface area (TPSA) is 105 Å². The SMILES string of the molecule is Cc1nnc(CN=C(NCCNC(=O)OC(C)(C)C)NC2CCCC2)n1C.I. The van der Waals surface area contributed by atoms with E-state index in [1.807, 2.05) is 39.3 Å². The minimum Gasteiger partial charge on any atom is -0.444 e. The van der Waals surface area contributed by atoms with E-state index in [2.05, 4.69) is 31.1 Å². The molecule has 0 radical (unpaired) electrons. The van der Waals surface area contributed by atoms with E-state index in [1.165, 1.54) is 12.8 Å². The van der Waals surface area contributed by atoms with Crippen molar-refractivity contribution in [1.82, 2.24) is 30.7 Å². The Balaban J connectivity index is 0.00000392. The molecule has 0 unspecified atom stereocenters. The number of rotatable bonds is 6. The Hall–Kier alpha value is -1.59. The molecule has 1 aromatic rings. The number of halogens is 1. The standard InChI is InChI=1S/C18H33N7O2.HI/c1-13-23-24-15(25(13)5)12-21-16(22-14-8-6-7-9-14)19-10-11-20-17(26)27-18(2,3)4;/h14H,6-12H2,1-5H3,(H,20,26)(H2,19,21,22);1H. The average molecular weight is 507 g/mol. The van der Waals surface area contributed by atoms with Crippen molar-refractivity contribution in [2.45, 2.75) is 71.6 Å². The molecule has 1 aliphatic rings. The first-order chi connectivity index (χ1) is 12.7. The van der Waals surface area contributed by atoms with Crippen molar-refractivity contribution in [2.24, 2.45) is 12.0 Å². The second-order valence-corrected chi connectivity index (χ2v) is 7.87. The summed E-state index contributed by atoms with van der Waals surface area (Å²) in [5.41, 5.74) is -0.498. The first-order valence-electron chi connectivity index (χ1n) is 9.61. The van der Waals surface area contributed by atoms with E-state index in [0.29, 0.717) is 25.7 Å². The number of guanidine groups is 1. The lowest BCUT2D eigenvalue weighted by Gasteiger charge is -2.20. The van der Waals surface area contributed by atoms with Crippen LogP contribution in [0.4, 0.5) is 4.79 Å². The van der Waals surface area contributed by atoms with Gasteiger partial charge in [0.15, 0.2) is 11.8 Å². The van der Waals surface area contributed by atoms with Gasteiger partial charge in [-0.1, -0.05) is 12.8 Å². The second kappa shape index (κ2) is 11.4. The normalized spacial score (nSPS) is 15.1. The lowest BCUT2D eigenvalue weighted by atomic mass is 10.2. The van der Waals surface area contributed by atoms with Crippen LogP contribution < -0.4 is 16.0 Å². The number of carbonyl (C=O) groups is 1. The third-order valence-electron chi connectivity index (χ3n) is 4.34. The molecular weight excluding hydrogens is 473 g/mol. The average Bonchev–Trinajstić information content (AvgIpc) is 3.19. The van der Waals surface area contributed by atoms with Crippen LogP contribution in [-0.2, 0) is 18.3 Å². The summed E-state index contributed by atoms with van der Waals surface area (Å²) < 4.78 is 7.16. The molecule has 1 fully saturated rings. The highest BCUT2D eigenvalue weighted by molar-refractivity contribution is 14.0. The fraction of sp³-hybridized carbons (Fsp3) is 0.778. The van der Waals surface area contributed by atoms with Crippen LogP contribution in [0.25, 0.3) is 0 Å². The molecule has 0 atom stereocenters. The van der Waals surface area contributed by atoms with E-state index >= 15 is 0 Å². The molecule has 28 heavy (non-hydrogen) atoms. The number of aliphatic imine (C=N–C) groups is 1. The van der Waals surface area contributed by atoms with Crippen LogP contribution in [0.2, 0.25) is 0 Å². The van der Waals surface area contributed by atoms with Gasteiger partial charge in [0.1, 0.15) is 18.0 Å². The quantitative estimate of drug-likeness (QED) is 0.236. The van der Waals surface area contributed by atoms with Gasteiger partial charge in [-0.2, -0.15) is 0 Å². The number of ether oxygens (including phenoxy) is 1. The highest BCUT2D eigenvalue weighted by Crippen LogP contribution is 2.17. The largest absolute Gasteiger partial charge is 0.444 e. The number of hydrogen-bond acceptors (Lipinski definition) is 5. The van der Waals surface area contributed by atoms with Crippen molar-refractivity contribution in [3.63, 3.8) is 0 Å². The highest BCUT2D eigenvalue weighted by Gasteiger charge is 2.17. The van der Waals surface area contributed by atoms with E-state index in [1.54, 1.807) is 0 Å². The Bertz CT molecular complexity index is 649. The molecule has 1 aromatic heterocycles. The maximum Gasteiger partial charge on any atom is 0.407 e. The third kappa shape index (κ3) is 8.61. The zero-order valence-corrected chi connectivity index (χ0v) is 19.9. The van der Waals surface area contributed by atoms with Gasteiger partial charge in [0.2, 0.25) is 0 Å². The summed E-state index contributed by atoms with van der Waals surface area (Å²) in [6.07, 6.45) is 4.38. The number of aryl methyl sites for hydroxylation is 1. The molecule has 160 valence electrons. The van der Waals surface area contributed by atoms with E-state index in [-0.39, 0.29) is 24.0 Å². The number of hydrogen-bond donors (Lipinski definition) is 3. The number of carbonyl (C=O) groups excluding carboxylic acids is 1. The first kappa shape index (κ1) is 24.4. The summed E-state index contributed by atoms with van der Waals surface area (Å²) >= 11 is 0. The van der Waals surface area contributed by atoms with Crippen molar-refractivity contribution in [3.05, 3.63) is 11.6 Å². The Morgan fingerprint density at radius 1 is 1.21 bits per heavy atom. The van der Waals surface area contributed by atoms with E-state index in [4.69, 9.17) is 4.74 Å². The molecule has 0 spiro atoms. The van der Waals surface area contributed by atoms with Gasteiger partial charge in [-0.15, -0.1) is 34.2 Å². The molecular formula is C18H34IN7O2. The summed E-state index contributed by atoms with van der Waals surface area (Å²) in [7, 11) is 1.93. The van der Waals surface area contributed by atoms with Crippen molar-refractivity contribution < 1.29 is 9.53 Å². The van der Waals surface area contributed by atoms with Gasteiger partial charge in [0.05, 0.1) is 0 Å². The van der Waals surface area contributed by atoms with Gasteiger partial charge in [0, 0.05) is 26.2 Å². The van der Waals surface area contributed by atoms with Crippen LogP contribution in [0, 0.1) is 6.92 Å². The maximum absolute atomic E-state index is 11.7. The zero-order valence-electron chi connectivity index (χ0n) is 17.5. The molecule has 10 heteroatoms. The fourth-order valence-electron chi connectivity index (χ4n) is 2.81. The van der Waals surface area contributed by atoms with Gasteiger partial charge >= 0.3 is 6.09 Å². The van der Waals surface area contributed by atoms with Gasteiger partial charge in [0.25, 0.3) is 0 Å². The second-order valence-electron chi connectivity index (χ2n) is 7.87. The molecule has 1 heterocycles. The summed E-state index contributed by atoms with van der Waals surface area (Å²) in [6.45, 7) is 8.89. The lowest BCUT2D eigenvalue weighted by Crippen LogP contribution is -2.45. The van der Waals surface area contributed by atoms with E-state index in [0.717, 1.165) is 30.5 Å². The van der Waals surface area contributed by atoms with Crippen molar-refractivity contribution >= 4 is 36.0 Å². The summed E-state index contributed by atoms with van der Waals surface area (Å²) in [6, 6.07) is 0.441.